The fourth-order valence-corrected chi connectivity index (χ4v) is 3.20. The average Bonchev–Trinajstić information content (AvgIpc) is 3.11. The summed E-state index contributed by atoms with van der Waals surface area (Å²) in [4.78, 5) is 35.1. The third-order valence-electron chi connectivity index (χ3n) is 5.16. The molecule has 1 aromatic rings. The Morgan fingerprint density at radius 3 is 2.26 bits per heavy atom. The number of hydrogen-bond acceptors (Lipinski definition) is 6. The molecule has 0 aliphatic carbocycles. The Labute approximate surface area is 183 Å². The van der Waals surface area contributed by atoms with Gasteiger partial charge in [0, 0.05) is 19.7 Å². The van der Waals surface area contributed by atoms with Gasteiger partial charge in [-0.15, -0.1) is 0 Å². The molecular weight excluding hydrogens is 404 g/mol. The molecule has 0 saturated carbocycles. The molecule has 0 unspecified atom stereocenters. The van der Waals surface area contributed by atoms with Crippen LogP contribution >= 0.6 is 0 Å². The van der Waals surface area contributed by atoms with Crippen LogP contribution in [0.15, 0.2) is 30.3 Å². The topological polar surface area (TPSA) is 117 Å². The van der Waals surface area contributed by atoms with E-state index < -0.39 is 11.9 Å². The number of carboxylic acids is 2. The molecule has 174 valence electrons. The SMILES string of the molecule is COCCO[C@@H]1CCN(C(=O)CN(C)C(C)C)[C@H]1Cc1ccccc1.O=C(O)C(=O)O. The average molecular weight is 439 g/mol. The molecule has 31 heavy (non-hydrogen) atoms. The van der Waals surface area contributed by atoms with E-state index in [0.717, 1.165) is 19.4 Å². The second-order valence-corrected chi connectivity index (χ2v) is 7.65. The van der Waals surface area contributed by atoms with Gasteiger partial charge in [0.05, 0.1) is 31.9 Å². The van der Waals surface area contributed by atoms with E-state index in [4.69, 9.17) is 29.3 Å². The van der Waals surface area contributed by atoms with E-state index in [-0.39, 0.29) is 18.1 Å². The first-order chi connectivity index (χ1) is 14.7. The maximum Gasteiger partial charge on any atom is 0.414 e. The zero-order valence-electron chi connectivity index (χ0n) is 18.7. The van der Waals surface area contributed by atoms with Gasteiger partial charge < -0.3 is 24.6 Å². The molecular formula is C22H34N2O7. The molecule has 0 radical (unpaired) electrons. The number of ether oxygens (including phenoxy) is 2. The predicted molar refractivity (Wildman–Crippen MR) is 115 cm³/mol. The Morgan fingerprint density at radius 2 is 1.74 bits per heavy atom. The number of rotatable bonds is 9. The summed E-state index contributed by atoms with van der Waals surface area (Å²) in [5, 5.41) is 14.8. The Bertz CT molecular complexity index is 684. The van der Waals surface area contributed by atoms with Gasteiger partial charge in [-0.3, -0.25) is 9.69 Å². The molecule has 9 nitrogen and oxygen atoms in total. The number of carboxylic acid groups (broad SMARTS) is 2. The molecule has 1 saturated heterocycles. The fraction of sp³-hybridized carbons (Fsp3) is 0.591. The number of methoxy groups -OCH3 is 1. The van der Waals surface area contributed by atoms with Crippen molar-refractivity contribution in [2.24, 2.45) is 0 Å². The van der Waals surface area contributed by atoms with E-state index in [1.807, 2.05) is 30.1 Å². The molecule has 0 spiro atoms. The number of hydrogen-bond donors (Lipinski definition) is 2. The minimum atomic E-state index is -1.82. The molecule has 1 aliphatic rings. The van der Waals surface area contributed by atoms with Gasteiger partial charge in [-0.25, -0.2) is 9.59 Å². The van der Waals surface area contributed by atoms with Gasteiger partial charge >= 0.3 is 11.9 Å². The monoisotopic (exact) mass is 438 g/mol. The number of benzene rings is 1. The molecule has 0 bridgehead atoms. The molecule has 2 rings (SSSR count). The summed E-state index contributed by atoms with van der Waals surface area (Å²) in [6.45, 7) is 6.58. The van der Waals surface area contributed by atoms with Crippen LogP contribution in [0, 0.1) is 0 Å². The van der Waals surface area contributed by atoms with E-state index in [1.54, 1.807) is 7.11 Å². The zero-order chi connectivity index (χ0) is 23.4. The Morgan fingerprint density at radius 1 is 1.13 bits per heavy atom. The van der Waals surface area contributed by atoms with Crippen molar-refractivity contribution in [3.8, 4) is 0 Å². The van der Waals surface area contributed by atoms with Crippen molar-refractivity contribution in [2.45, 2.75) is 44.9 Å². The van der Waals surface area contributed by atoms with Crippen LogP contribution in [-0.2, 0) is 30.3 Å². The second kappa shape index (κ2) is 13.7. The number of carbonyl (C=O) groups is 3. The van der Waals surface area contributed by atoms with Gasteiger partial charge in [0.1, 0.15) is 0 Å². The van der Waals surface area contributed by atoms with Crippen LogP contribution in [0.3, 0.4) is 0 Å². The number of likely N-dealkylation sites (tertiary alicyclic amines) is 1. The highest BCUT2D eigenvalue weighted by Crippen LogP contribution is 2.25. The van der Waals surface area contributed by atoms with Crippen molar-refractivity contribution in [1.82, 2.24) is 9.80 Å². The van der Waals surface area contributed by atoms with Crippen molar-refractivity contribution < 1.29 is 34.1 Å². The molecule has 2 atom stereocenters. The van der Waals surface area contributed by atoms with E-state index >= 15 is 0 Å². The second-order valence-electron chi connectivity index (χ2n) is 7.65. The highest BCUT2D eigenvalue weighted by atomic mass is 16.5. The highest BCUT2D eigenvalue weighted by Gasteiger charge is 2.37. The Kier molecular flexibility index (Phi) is 11.8. The quantitative estimate of drug-likeness (QED) is 0.438. The highest BCUT2D eigenvalue weighted by molar-refractivity contribution is 6.27. The van der Waals surface area contributed by atoms with Crippen molar-refractivity contribution in [2.75, 3.05) is 40.5 Å². The van der Waals surface area contributed by atoms with Crippen LogP contribution in [0.4, 0.5) is 0 Å². The summed E-state index contributed by atoms with van der Waals surface area (Å²) in [6.07, 6.45) is 1.79. The van der Waals surface area contributed by atoms with Crippen molar-refractivity contribution in [3.05, 3.63) is 35.9 Å². The largest absolute Gasteiger partial charge is 0.473 e. The van der Waals surface area contributed by atoms with Crippen molar-refractivity contribution in [3.63, 3.8) is 0 Å². The van der Waals surface area contributed by atoms with Crippen LogP contribution < -0.4 is 0 Å². The standard InChI is InChI=1S/C20H32N2O3.C2H2O4/c1-16(2)21(3)15-20(23)22-11-10-19(25-13-12-24-4)18(22)14-17-8-6-5-7-9-17;3-1(4)2(5)6/h5-9,16,18-19H,10-15H2,1-4H3;(H,3,4)(H,5,6)/t18-,19+;/m0./s1. The Balaban J connectivity index is 0.000000703. The normalized spacial score (nSPS) is 18.1. The molecule has 0 aromatic heterocycles. The summed E-state index contributed by atoms with van der Waals surface area (Å²) in [5.41, 5.74) is 1.24. The maximum absolute atomic E-state index is 12.8. The van der Waals surface area contributed by atoms with Crippen LogP contribution in [0.2, 0.25) is 0 Å². The first-order valence-corrected chi connectivity index (χ1v) is 10.3. The van der Waals surface area contributed by atoms with Crippen molar-refractivity contribution in [1.29, 1.82) is 0 Å². The van der Waals surface area contributed by atoms with Crippen molar-refractivity contribution >= 4 is 17.8 Å². The zero-order valence-corrected chi connectivity index (χ0v) is 18.7. The third kappa shape index (κ3) is 9.46. The molecule has 1 fully saturated rings. The summed E-state index contributed by atoms with van der Waals surface area (Å²) in [7, 11) is 3.68. The lowest BCUT2D eigenvalue weighted by Gasteiger charge is -2.31. The number of nitrogens with zero attached hydrogens (tertiary/aromatic N) is 2. The predicted octanol–water partition coefficient (Wildman–Crippen LogP) is 1.36. The minimum absolute atomic E-state index is 0.0728. The lowest BCUT2D eigenvalue weighted by atomic mass is 10.0. The number of likely N-dealkylation sites (N-methyl/N-ethyl adjacent to an activating group) is 1. The maximum atomic E-state index is 12.8. The summed E-state index contributed by atoms with van der Waals surface area (Å²) in [5.74, 6) is -3.46. The first-order valence-electron chi connectivity index (χ1n) is 10.3. The van der Waals surface area contributed by atoms with Crippen LogP contribution in [0.25, 0.3) is 0 Å². The minimum Gasteiger partial charge on any atom is -0.473 e. The van der Waals surface area contributed by atoms with E-state index in [1.165, 1.54) is 5.56 Å². The summed E-state index contributed by atoms with van der Waals surface area (Å²) >= 11 is 0. The smallest absolute Gasteiger partial charge is 0.414 e. The van der Waals surface area contributed by atoms with Gasteiger partial charge in [-0.05, 0) is 39.3 Å². The third-order valence-corrected chi connectivity index (χ3v) is 5.16. The van der Waals surface area contributed by atoms with E-state index in [9.17, 15) is 4.79 Å². The van der Waals surface area contributed by atoms with Gasteiger partial charge in [-0.1, -0.05) is 30.3 Å². The van der Waals surface area contributed by atoms with Gasteiger partial charge in [0.15, 0.2) is 0 Å². The molecule has 2 N–H and O–H groups in total. The molecule has 1 aliphatic heterocycles. The van der Waals surface area contributed by atoms with E-state index in [2.05, 4.69) is 30.9 Å². The number of aliphatic carboxylic acids is 2. The lowest BCUT2D eigenvalue weighted by molar-refractivity contribution is -0.159. The Hall–Kier alpha value is -2.49. The number of amides is 1. The van der Waals surface area contributed by atoms with Gasteiger partial charge in [0.2, 0.25) is 5.91 Å². The van der Waals surface area contributed by atoms with Crippen LogP contribution in [0.5, 0.6) is 0 Å². The first kappa shape index (κ1) is 26.5. The summed E-state index contributed by atoms with van der Waals surface area (Å²) in [6, 6.07) is 10.8. The van der Waals surface area contributed by atoms with Crippen LogP contribution in [-0.4, -0.2) is 96.5 Å². The molecule has 1 aromatic carbocycles. The molecule has 1 amide bonds. The van der Waals surface area contributed by atoms with Crippen LogP contribution in [0.1, 0.15) is 25.8 Å². The number of carbonyl (C=O) groups excluding carboxylic acids is 1. The fourth-order valence-electron chi connectivity index (χ4n) is 3.20. The summed E-state index contributed by atoms with van der Waals surface area (Å²) < 4.78 is 11.1. The lowest BCUT2D eigenvalue weighted by Crippen LogP contribution is -2.46. The van der Waals surface area contributed by atoms with Gasteiger partial charge in [0.25, 0.3) is 0 Å². The van der Waals surface area contributed by atoms with E-state index in [0.29, 0.717) is 25.8 Å². The molecule has 1 heterocycles. The molecule has 9 heteroatoms. The van der Waals surface area contributed by atoms with Gasteiger partial charge in [-0.2, -0.15) is 0 Å².